The molecule has 0 aromatic heterocycles. The molecule has 2 aliphatic rings. The number of nitrogens with one attached hydrogen (secondary N) is 1. The third kappa shape index (κ3) is 5.00. The third-order valence-electron chi connectivity index (χ3n) is 4.86. The summed E-state index contributed by atoms with van der Waals surface area (Å²) >= 11 is 0. The van der Waals surface area contributed by atoms with Gasteiger partial charge >= 0.3 is 12.1 Å². The molecule has 0 saturated carbocycles. The Morgan fingerprint density at radius 3 is 2.08 bits per heavy atom. The second-order valence-corrected chi connectivity index (χ2v) is 7.55. The van der Waals surface area contributed by atoms with Gasteiger partial charge in [-0.15, -0.1) is 0 Å². The number of carbonyl (C=O) groups is 2. The van der Waals surface area contributed by atoms with E-state index in [0.717, 1.165) is 39.0 Å². The molecule has 7 nitrogen and oxygen atoms in total. The predicted octanol–water partition coefficient (Wildman–Crippen LogP) is 1.73. The number of amides is 3. The van der Waals surface area contributed by atoms with E-state index < -0.39 is 0 Å². The van der Waals surface area contributed by atoms with Crippen molar-refractivity contribution in [3.8, 4) is 0 Å². The number of piperidine rings is 1. The van der Waals surface area contributed by atoms with Gasteiger partial charge < -0.3 is 19.9 Å². The summed E-state index contributed by atoms with van der Waals surface area (Å²) in [7, 11) is 0. The number of piperazine rings is 1. The molecule has 1 N–H and O–H groups in total. The first-order valence-corrected chi connectivity index (χ1v) is 9.03. The largest absolute Gasteiger partial charge is 0.450 e. The predicted molar refractivity (Wildman–Crippen MR) is 93.0 cm³/mol. The Bertz CT molecular complexity index is 434. The molecule has 0 radical (unpaired) electrons. The summed E-state index contributed by atoms with van der Waals surface area (Å²) in [4.78, 5) is 30.2. The number of ether oxygens (including phenoxy) is 1. The van der Waals surface area contributed by atoms with Crippen molar-refractivity contribution in [1.29, 1.82) is 0 Å². The fraction of sp³-hybridized carbons (Fsp3) is 0.882. The van der Waals surface area contributed by atoms with E-state index in [4.69, 9.17) is 4.74 Å². The maximum Gasteiger partial charge on any atom is 0.409 e. The molecule has 2 fully saturated rings. The molecule has 0 aromatic carbocycles. The van der Waals surface area contributed by atoms with E-state index in [1.54, 1.807) is 4.90 Å². The lowest BCUT2D eigenvalue weighted by Crippen LogP contribution is -2.58. The van der Waals surface area contributed by atoms with Crippen LogP contribution in [-0.4, -0.2) is 84.3 Å². The van der Waals surface area contributed by atoms with Crippen LogP contribution in [0, 0.1) is 0 Å². The first kappa shape index (κ1) is 18.8. The summed E-state index contributed by atoms with van der Waals surface area (Å²) in [5.74, 6) is 0. The Morgan fingerprint density at radius 2 is 1.58 bits per heavy atom. The van der Waals surface area contributed by atoms with E-state index in [-0.39, 0.29) is 23.7 Å². The van der Waals surface area contributed by atoms with Crippen molar-refractivity contribution in [2.75, 3.05) is 45.9 Å². The van der Waals surface area contributed by atoms with Gasteiger partial charge in [-0.25, -0.2) is 9.59 Å². The number of hydrogen-bond acceptors (Lipinski definition) is 4. The van der Waals surface area contributed by atoms with E-state index in [9.17, 15) is 9.59 Å². The molecule has 0 unspecified atom stereocenters. The van der Waals surface area contributed by atoms with E-state index in [1.807, 2.05) is 11.8 Å². The minimum atomic E-state index is -0.249. The number of nitrogens with zero attached hydrogens (tertiary/aromatic N) is 3. The summed E-state index contributed by atoms with van der Waals surface area (Å²) in [6, 6.07) is 0.168. The highest BCUT2D eigenvalue weighted by Gasteiger charge is 2.30. The van der Waals surface area contributed by atoms with Gasteiger partial charge in [0.05, 0.1) is 6.61 Å². The molecule has 24 heavy (non-hydrogen) atoms. The summed E-state index contributed by atoms with van der Waals surface area (Å²) in [6.45, 7) is 13.5. The molecule has 138 valence electrons. The third-order valence-corrected chi connectivity index (χ3v) is 4.86. The first-order valence-electron chi connectivity index (χ1n) is 9.03. The summed E-state index contributed by atoms with van der Waals surface area (Å²) in [6.07, 6.45) is 1.32. The van der Waals surface area contributed by atoms with Crippen molar-refractivity contribution in [2.45, 2.75) is 52.1 Å². The molecule has 2 aliphatic heterocycles. The lowest BCUT2D eigenvalue weighted by atomic mass is 10.0. The van der Waals surface area contributed by atoms with Crippen molar-refractivity contribution >= 4 is 12.1 Å². The molecule has 2 rings (SSSR count). The van der Waals surface area contributed by atoms with Crippen molar-refractivity contribution in [1.82, 2.24) is 20.0 Å². The Labute approximate surface area is 145 Å². The fourth-order valence-electron chi connectivity index (χ4n) is 3.27. The maximum absolute atomic E-state index is 12.4. The van der Waals surface area contributed by atoms with Crippen LogP contribution in [0.5, 0.6) is 0 Å². The Hall–Kier alpha value is -1.50. The second-order valence-electron chi connectivity index (χ2n) is 7.55. The van der Waals surface area contributed by atoms with Crippen LogP contribution in [-0.2, 0) is 4.74 Å². The van der Waals surface area contributed by atoms with Crippen LogP contribution in [0.1, 0.15) is 40.5 Å². The highest BCUT2D eigenvalue weighted by molar-refractivity contribution is 5.74. The topological polar surface area (TPSA) is 65.1 Å². The quantitative estimate of drug-likeness (QED) is 0.831. The molecule has 2 heterocycles. The van der Waals surface area contributed by atoms with Gasteiger partial charge in [-0.1, -0.05) is 0 Å². The molecule has 0 spiro atoms. The minimum absolute atomic E-state index is 0.0261. The first-order chi connectivity index (χ1) is 11.3. The zero-order chi connectivity index (χ0) is 17.7. The zero-order valence-corrected chi connectivity index (χ0v) is 15.5. The van der Waals surface area contributed by atoms with Crippen molar-refractivity contribution < 1.29 is 14.3 Å². The lowest BCUT2D eigenvalue weighted by Gasteiger charge is -2.42. The average molecular weight is 340 g/mol. The molecule has 0 atom stereocenters. The smallest absolute Gasteiger partial charge is 0.409 e. The fourth-order valence-corrected chi connectivity index (χ4v) is 3.27. The number of carbonyl (C=O) groups excluding carboxylic acids is 2. The molecule has 7 heteroatoms. The van der Waals surface area contributed by atoms with Crippen molar-refractivity contribution in [2.24, 2.45) is 0 Å². The van der Waals surface area contributed by atoms with Crippen LogP contribution in [0.15, 0.2) is 0 Å². The van der Waals surface area contributed by atoms with E-state index in [2.05, 4.69) is 31.0 Å². The number of hydrogen-bond donors (Lipinski definition) is 1. The molecule has 0 bridgehead atoms. The second kappa shape index (κ2) is 8.05. The van der Waals surface area contributed by atoms with Gasteiger partial charge in [0.1, 0.15) is 0 Å². The summed E-state index contributed by atoms with van der Waals surface area (Å²) in [5.41, 5.74) is 0.155. The van der Waals surface area contributed by atoms with Gasteiger partial charge in [0.2, 0.25) is 0 Å². The summed E-state index contributed by atoms with van der Waals surface area (Å²) in [5, 5.41) is 3.12. The van der Waals surface area contributed by atoms with Crippen molar-refractivity contribution in [3.05, 3.63) is 0 Å². The van der Waals surface area contributed by atoms with Crippen LogP contribution in [0.4, 0.5) is 9.59 Å². The minimum Gasteiger partial charge on any atom is -0.450 e. The molecule has 0 aliphatic carbocycles. The van der Waals surface area contributed by atoms with Crippen LogP contribution in [0.3, 0.4) is 0 Å². The zero-order valence-electron chi connectivity index (χ0n) is 15.5. The molecule has 2 saturated heterocycles. The Balaban J connectivity index is 1.72. The molecule has 3 amide bonds. The van der Waals surface area contributed by atoms with Crippen LogP contribution in [0.2, 0.25) is 0 Å². The van der Waals surface area contributed by atoms with E-state index >= 15 is 0 Å². The van der Waals surface area contributed by atoms with Gasteiger partial charge in [0.15, 0.2) is 0 Å². The van der Waals surface area contributed by atoms with Gasteiger partial charge in [0.25, 0.3) is 0 Å². The van der Waals surface area contributed by atoms with Gasteiger partial charge in [-0.2, -0.15) is 0 Å². The van der Waals surface area contributed by atoms with Crippen LogP contribution < -0.4 is 5.32 Å². The summed E-state index contributed by atoms with van der Waals surface area (Å²) < 4.78 is 5.02. The van der Waals surface area contributed by atoms with Gasteiger partial charge in [-0.3, -0.25) is 4.90 Å². The highest BCUT2D eigenvalue weighted by atomic mass is 16.6. The van der Waals surface area contributed by atoms with Crippen LogP contribution >= 0.6 is 0 Å². The molecular formula is C17H32N4O3. The standard InChI is InChI=1S/C17H32N4O3/c1-5-24-16(23)20-8-6-14(7-9-20)18-15(22)19-10-12-21(13-11-19)17(2,3)4/h14H,5-13H2,1-4H3,(H,18,22). The number of rotatable bonds is 2. The van der Waals surface area contributed by atoms with Crippen LogP contribution in [0.25, 0.3) is 0 Å². The Kier molecular flexibility index (Phi) is 6.32. The monoisotopic (exact) mass is 340 g/mol. The van der Waals surface area contributed by atoms with Gasteiger partial charge in [-0.05, 0) is 40.5 Å². The van der Waals surface area contributed by atoms with Crippen molar-refractivity contribution in [3.63, 3.8) is 0 Å². The van der Waals surface area contributed by atoms with Gasteiger partial charge in [0, 0.05) is 50.8 Å². The lowest BCUT2D eigenvalue weighted by molar-refractivity contribution is 0.0716. The highest BCUT2D eigenvalue weighted by Crippen LogP contribution is 2.16. The van der Waals surface area contributed by atoms with E-state index in [0.29, 0.717) is 19.7 Å². The average Bonchev–Trinajstić information content (AvgIpc) is 2.55. The Morgan fingerprint density at radius 1 is 1.00 bits per heavy atom. The maximum atomic E-state index is 12.4. The number of likely N-dealkylation sites (tertiary alicyclic amines) is 1. The number of urea groups is 1. The normalized spacial score (nSPS) is 20.8. The molecule has 0 aromatic rings. The van der Waals surface area contributed by atoms with E-state index in [1.165, 1.54) is 0 Å². The SMILES string of the molecule is CCOC(=O)N1CCC(NC(=O)N2CCN(C(C)(C)C)CC2)CC1. The molecular weight excluding hydrogens is 308 g/mol.